The Hall–Kier alpha value is -3.24. The van der Waals surface area contributed by atoms with E-state index in [1.807, 2.05) is 26.0 Å². The molecule has 7 heteroatoms. The van der Waals surface area contributed by atoms with E-state index in [4.69, 9.17) is 9.47 Å². The molecule has 0 N–H and O–H groups in total. The Bertz CT molecular complexity index is 1030. The zero-order valence-electron chi connectivity index (χ0n) is 17.0. The minimum Gasteiger partial charge on any atom is -0.453 e. The molecule has 2 aromatic rings. The Kier molecular flexibility index (Phi) is 6.80. The number of aromatic nitrogens is 1. The number of hydrogen-bond acceptors (Lipinski definition) is 5. The van der Waals surface area contributed by atoms with Crippen molar-refractivity contribution in [2.45, 2.75) is 39.3 Å². The number of aryl methyl sites for hydroxylation is 1. The van der Waals surface area contributed by atoms with E-state index in [-0.39, 0.29) is 17.2 Å². The van der Waals surface area contributed by atoms with Crippen LogP contribution in [0.3, 0.4) is 0 Å². The Labute approximate surface area is 174 Å². The second kappa shape index (κ2) is 9.51. The molecule has 0 spiro atoms. The molecule has 0 amide bonds. The van der Waals surface area contributed by atoms with Gasteiger partial charge in [-0.2, -0.15) is 5.26 Å². The number of nitrogens with zero attached hydrogens (tertiary/aromatic N) is 2. The zero-order valence-corrected chi connectivity index (χ0v) is 17.0. The molecule has 0 aliphatic carbocycles. The van der Waals surface area contributed by atoms with Crippen molar-refractivity contribution in [3.05, 3.63) is 64.2 Å². The van der Waals surface area contributed by atoms with E-state index in [1.54, 1.807) is 0 Å². The van der Waals surface area contributed by atoms with Gasteiger partial charge in [-0.05, 0) is 56.5 Å². The molecular weight excluding hydrogens is 387 g/mol. The number of carbonyl (C=O) groups excluding carboxylic acids is 2. The number of halogens is 1. The van der Waals surface area contributed by atoms with Gasteiger partial charge >= 0.3 is 5.97 Å². The minimum atomic E-state index is -0.897. The molecule has 0 radical (unpaired) electrons. The van der Waals surface area contributed by atoms with Crippen LogP contribution in [-0.4, -0.2) is 35.6 Å². The highest BCUT2D eigenvalue weighted by Crippen LogP contribution is 2.22. The summed E-state index contributed by atoms with van der Waals surface area (Å²) in [5, 5.41) is 9.39. The fourth-order valence-electron chi connectivity index (χ4n) is 3.49. The van der Waals surface area contributed by atoms with E-state index in [2.05, 4.69) is 4.57 Å². The largest absolute Gasteiger partial charge is 0.453 e. The van der Waals surface area contributed by atoms with Gasteiger partial charge in [0.05, 0.1) is 6.10 Å². The fourth-order valence-corrected chi connectivity index (χ4v) is 3.49. The van der Waals surface area contributed by atoms with E-state index < -0.39 is 24.2 Å². The molecule has 1 aromatic heterocycles. The second-order valence-electron chi connectivity index (χ2n) is 7.25. The number of esters is 1. The number of nitriles is 1. The summed E-state index contributed by atoms with van der Waals surface area (Å²) in [6, 6.07) is 8.85. The van der Waals surface area contributed by atoms with Gasteiger partial charge in [-0.15, -0.1) is 0 Å². The number of Topliss-reactive ketones (excluding diaryl/α,β-unsaturated/α-hetero) is 1. The summed E-state index contributed by atoms with van der Waals surface area (Å²) < 4.78 is 26.0. The van der Waals surface area contributed by atoms with Crippen molar-refractivity contribution in [3.8, 4) is 6.07 Å². The molecule has 0 unspecified atom stereocenters. The maximum absolute atomic E-state index is 13.2. The number of rotatable bonds is 7. The average molecular weight is 410 g/mol. The van der Waals surface area contributed by atoms with E-state index >= 15 is 0 Å². The number of benzene rings is 1. The van der Waals surface area contributed by atoms with Crippen LogP contribution in [0.15, 0.2) is 35.9 Å². The molecule has 1 aliphatic rings. The lowest BCUT2D eigenvalue weighted by Gasteiger charge is -2.14. The maximum Gasteiger partial charge on any atom is 0.349 e. The molecule has 1 atom stereocenters. The summed E-state index contributed by atoms with van der Waals surface area (Å²) in [7, 11) is 0. The van der Waals surface area contributed by atoms with Crippen molar-refractivity contribution in [1.29, 1.82) is 5.26 Å². The topological polar surface area (TPSA) is 81.3 Å². The molecular formula is C23H23FN2O4. The van der Waals surface area contributed by atoms with Crippen LogP contribution >= 0.6 is 0 Å². The van der Waals surface area contributed by atoms with Gasteiger partial charge in [0.2, 0.25) is 0 Å². The van der Waals surface area contributed by atoms with Crippen LogP contribution in [0.5, 0.6) is 0 Å². The molecule has 3 rings (SSSR count). The van der Waals surface area contributed by atoms with Crippen molar-refractivity contribution in [3.63, 3.8) is 0 Å². The van der Waals surface area contributed by atoms with Gasteiger partial charge in [-0.25, -0.2) is 9.18 Å². The van der Waals surface area contributed by atoms with Crippen LogP contribution in [0.2, 0.25) is 0 Å². The first-order valence-corrected chi connectivity index (χ1v) is 9.75. The van der Waals surface area contributed by atoms with E-state index in [0.717, 1.165) is 49.0 Å². The summed E-state index contributed by atoms with van der Waals surface area (Å²) in [6.45, 7) is 4.80. The summed E-state index contributed by atoms with van der Waals surface area (Å²) >= 11 is 0. The third-order valence-corrected chi connectivity index (χ3v) is 5.14. The molecule has 1 aromatic carbocycles. The van der Waals surface area contributed by atoms with E-state index in [0.29, 0.717) is 0 Å². The molecule has 30 heavy (non-hydrogen) atoms. The van der Waals surface area contributed by atoms with Crippen LogP contribution in [0.4, 0.5) is 4.39 Å². The van der Waals surface area contributed by atoms with Gasteiger partial charge in [0.15, 0.2) is 12.4 Å². The molecule has 156 valence electrons. The highest BCUT2D eigenvalue weighted by molar-refractivity contribution is 6.02. The molecule has 6 nitrogen and oxygen atoms in total. The van der Waals surface area contributed by atoms with E-state index in [1.165, 1.54) is 24.3 Å². The monoisotopic (exact) mass is 410 g/mol. The smallest absolute Gasteiger partial charge is 0.349 e. The minimum absolute atomic E-state index is 0.1000. The van der Waals surface area contributed by atoms with Crippen molar-refractivity contribution in [2.75, 3.05) is 13.2 Å². The lowest BCUT2D eigenvalue weighted by Crippen LogP contribution is -2.17. The molecule has 1 aliphatic heterocycles. The van der Waals surface area contributed by atoms with Gasteiger partial charge in [-0.3, -0.25) is 4.79 Å². The van der Waals surface area contributed by atoms with Crippen LogP contribution in [-0.2, 0) is 20.8 Å². The number of carbonyl (C=O) groups is 2. The van der Waals surface area contributed by atoms with Crippen LogP contribution in [0.25, 0.3) is 6.08 Å². The predicted octanol–water partition coefficient (Wildman–Crippen LogP) is 3.76. The standard InChI is InChI=1S/C23H23FN2O4/c1-15-9-18(16(2)26(15)13-21-7-4-8-29-21)10-19(12-25)23(28)30-14-22(27)17-5-3-6-20(24)11-17/h3,5-6,9-11,21H,4,7-8,13-14H2,1-2H3/b19-10+/t21-/m1/s1. The summed E-state index contributed by atoms with van der Waals surface area (Å²) in [6.07, 6.45) is 3.69. The lowest BCUT2D eigenvalue weighted by atomic mass is 10.1. The van der Waals surface area contributed by atoms with Crippen LogP contribution in [0, 0.1) is 31.0 Å². The predicted molar refractivity (Wildman–Crippen MR) is 108 cm³/mol. The van der Waals surface area contributed by atoms with Gasteiger partial charge in [-0.1, -0.05) is 12.1 Å². The molecule has 0 bridgehead atoms. The molecule has 1 saturated heterocycles. The average Bonchev–Trinajstić information content (AvgIpc) is 3.34. The molecule has 0 saturated carbocycles. The maximum atomic E-state index is 13.2. The third kappa shape index (κ3) is 5.02. The third-order valence-electron chi connectivity index (χ3n) is 5.14. The Morgan fingerprint density at radius 2 is 2.17 bits per heavy atom. The molecule has 1 fully saturated rings. The number of ketones is 1. The van der Waals surface area contributed by atoms with Crippen molar-refractivity contribution >= 4 is 17.8 Å². The van der Waals surface area contributed by atoms with Crippen LogP contribution in [0.1, 0.15) is 40.2 Å². The quantitative estimate of drug-likeness (QED) is 0.300. The number of hydrogen-bond donors (Lipinski definition) is 0. The summed E-state index contributed by atoms with van der Waals surface area (Å²) in [5.74, 6) is -2.00. The SMILES string of the molecule is Cc1cc(/C=C(\C#N)C(=O)OCC(=O)c2cccc(F)c2)c(C)n1C[C@H]1CCCO1. The van der Waals surface area contributed by atoms with Crippen molar-refractivity contribution in [1.82, 2.24) is 4.57 Å². The van der Waals surface area contributed by atoms with Gasteiger partial charge in [0, 0.05) is 30.1 Å². The normalized spacial score (nSPS) is 16.3. The first-order chi connectivity index (χ1) is 14.4. The number of ether oxygens (including phenoxy) is 2. The second-order valence-corrected chi connectivity index (χ2v) is 7.25. The van der Waals surface area contributed by atoms with Crippen molar-refractivity contribution < 1.29 is 23.5 Å². The van der Waals surface area contributed by atoms with Crippen molar-refractivity contribution in [2.24, 2.45) is 0 Å². The Morgan fingerprint density at radius 3 is 2.83 bits per heavy atom. The fraction of sp³-hybridized carbons (Fsp3) is 0.348. The molecule has 2 heterocycles. The zero-order chi connectivity index (χ0) is 21.7. The van der Waals surface area contributed by atoms with E-state index in [9.17, 15) is 19.2 Å². The summed E-state index contributed by atoms with van der Waals surface area (Å²) in [4.78, 5) is 24.4. The lowest BCUT2D eigenvalue weighted by molar-refractivity contribution is -0.137. The first kappa shape index (κ1) is 21.5. The Balaban J connectivity index is 1.69. The van der Waals surface area contributed by atoms with Gasteiger partial charge in [0.1, 0.15) is 17.5 Å². The summed E-state index contributed by atoms with van der Waals surface area (Å²) in [5.41, 5.74) is 2.54. The first-order valence-electron chi connectivity index (χ1n) is 9.75. The van der Waals surface area contributed by atoms with Crippen LogP contribution < -0.4 is 0 Å². The Morgan fingerprint density at radius 1 is 1.37 bits per heavy atom. The highest BCUT2D eigenvalue weighted by atomic mass is 19.1. The highest BCUT2D eigenvalue weighted by Gasteiger charge is 2.20. The van der Waals surface area contributed by atoms with Gasteiger partial charge in [0.25, 0.3) is 0 Å². The van der Waals surface area contributed by atoms with Gasteiger partial charge < -0.3 is 14.0 Å².